The van der Waals surface area contributed by atoms with Gasteiger partial charge in [-0.3, -0.25) is 4.79 Å². The SMILES string of the molecule is COCCOCCC(=O)NCCOCCOCCC(=O)On1c(O)ccc1O. The average Bonchev–Trinajstić information content (AvgIpc) is 2.98. The molecule has 1 heterocycles. The Hall–Kier alpha value is -2.34. The Morgan fingerprint density at radius 2 is 1.46 bits per heavy atom. The molecule has 0 saturated carbocycles. The fraction of sp³-hybridized carbons (Fsp3) is 0.647. The number of aromatic nitrogens is 1. The van der Waals surface area contributed by atoms with Crippen molar-refractivity contribution in [2.75, 3.05) is 59.9 Å². The van der Waals surface area contributed by atoms with Crippen molar-refractivity contribution < 1.29 is 43.6 Å². The third kappa shape index (κ3) is 10.7. The molecule has 0 unspecified atom stereocenters. The maximum atomic E-state index is 11.5. The molecule has 0 aliphatic carbocycles. The number of hydrogen-bond acceptors (Lipinski definition) is 9. The van der Waals surface area contributed by atoms with Gasteiger partial charge in [0.25, 0.3) is 0 Å². The summed E-state index contributed by atoms with van der Waals surface area (Å²) >= 11 is 0. The number of hydrogen-bond donors (Lipinski definition) is 3. The predicted molar refractivity (Wildman–Crippen MR) is 95.9 cm³/mol. The fourth-order valence-electron chi connectivity index (χ4n) is 1.88. The van der Waals surface area contributed by atoms with Gasteiger partial charge in [0.05, 0.1) is 52.7 Å². The largest absolute Gasteiger partial charge is 0.492 e. The lowest BCUT2D eigenvalue weighted by molar-refractivity contribution is -0.146. The lowest BCUT2D eigenvalue weighted by atomic mass is 10.4. The van der Waals surface area contributed by atoms with E-state index in [-0.39, 0.29) is 43.7 Å². The van der Waals surface area contributed by atoms with E-state index in [0.29, 0.717) is 44.3 Å². The number of carbonyl (C=O) groups is 2. The van der Waals surface area contributed by atoms with E-state index < -0.39 is 5.97 Å². The molecule has 3 N–H and O–H groups in total. The summed E-state index contributed by atoms with van der Waals surface area (Å²) in [6.45, 7) is 2.71. The van der Waals surface area contributed by atoms with E-state index in [4.69, 9.17) is 23.8 Å². The zero-order valence-electron chi connectivity index (χ0n) is 15.9. The van der Waals surface area contributed by atoms with E-state index >= 15 is 0 Å². The Balaban J connectivity index is 1.90. The van der Waals surface area contributed by atoms with E-state index in [1.54, 1.807) is 7.11 Å². The van der Waals surface area contributed by atoms with Gasteiger partial charge in [-0.15, -0.1) is 4.73 Å². The van der Waals surface area contributed by atoms with Gasteiger partial charge in [0.15, 0.2) is 0 Å². The van der Waals surface area contributed by atoms with Crippen LogP contribution in [-0.2, 0) is 28.5 Å². The molecule has 1 aromatic rings. The smallest absolute Gasteiger partial charge is 0.335 e. The molecule has 28 heavy (non-hydrogen) atoms. The van der Waals surface area contributed by atoms with Crippen molar-refractivity contribution >= 4 is 11.9 Å². The molecule has 0 spiro atoms. The van der Waals surface area contributed by atoms with Gasteiger partial charge < -0.3 is 39.3 Å². The first-order valence-corrected chi connectivity index (χ1v) is 8.84. The van der Waals surface area contributed by atoms with Gasteiger partial charge >= 0.3 is 5.97 Å². The number of aromatic hydroxyl groups is 2. The van der Waals surface area contributed by atoms with Crippen LogP contribution in [0.15, 0.2) is 12.1 Å². The van der Waals surface area contributed by atoms with Crippen LogP contribution in [-0.4, -0.2) is 86.7 Å². The molecular weight excluding hydrogens is 376 g/mol. The zero-order chi connectivity index (χ0) is 20.6. The van der Waals surface area contributed by atoms with E-state index in [2.05, 4.69) is 5.32 Å². The standard InChI is InChI=1S/C17H28N2O9/c1-24-10-11-25-7-4-14(20)18-6-9-27-13-12-26-8-5-17(23)28-19-15(21)2-3-16(19)22/h2-3,21-22H,4-13H2,1H3,(H,18,20). The van der Waals surface area contributed by atoms with Crippen molar-refractivity contribution in [3.63, 3.8) is 0 Å². The number of methoxy groups -OCH3 is 1. The second-order valence-electron chi connectivity index (χ2n) is 5.49. The van der Waals surface area contributed by atoms with Crippen molar-refractivity contribution in [1.82, 2.24) is 10.0 Å². The number of rotatable bonds is 16. The Bertz CT molecular complexity index is 557. The first-order valence-electron chi connectivity index (χ1n) is 8.84. The van der Waals surface area contributed by atoms with Crippen molar-refractivity contribution in [3.8, 4) is 11.8 Å². The highest BCUT2D eigenvalue weighted by Crippen LogP contribution is 2.18. The van der Waals surface area contributed by atoms with Crippen LogP contribution >= 0.6 is 0 Å². The van der Waals surface area contributed by atoms with E-state index in [1.165, 1.54) is 12.1 Å². The molecular formula is C17H28N2O9. The van der Waals surface area contributed by atoms with E-state index in [1.807, 2.05) is 0 Å². The van der Waals surface area contributed by atoms with Crippen molar-refractivity contribution in [2.24, 2.45) is 0 Å². The van der Waals surface area contributed by atoms with Gasteiger partial charge in [-0.05, 0) is 0 Å². The monoisotopic (exact) mass is 404 g/mol. The summed E-state index contributed by atoms with van der Waals surface area (Å²) in [6, 6.07) is 2.38. The van der Waals surface area contributed by atoms with Gasteiger partial charge in [0, 0.05) is 32.2 Å². The van der Waals surface area contributed by atoms with Crippen LogP contribution in [0.5, 0.6) is 11.8 Å². The summed E-state index contributed by atoms with van der Waals surface area (Å²) in [5, 5.41) is 21.4. The number of nitrogens with one attached hydrogen (secondary N) is 1. The van der Waals surface area contributed by atoms with Gasteiger partial charge in [0.2, 0.25) is 17.7 Å². The minimum absolute atomic E-state index is 0.0560. The summed E-state index contributed by atoms with van der Waals surface area (Å²) < 4.78 is 21.1. The molecule has 11 nitrogen and oxygen atoms in total. The van der Waals surface area contributed by atoms with Gasteiger partial charge in [-0.2, -0.15) is 0 Å². The first-order chi connectivity index (χ1) is 13.5. The topological polar surface area (TPSA) is 138 Å². The summed E-state index contributed by atoms with van der Waals surface area (Å²) in [4.78, 5) is 27.8. The molecule has 1 amide bonds. The Morgan fingerprint density at radius 3 is 2.11 bits per heavy atom. The number of amides is 1. The summed E-state index contributed by atoms with van der Waals surface area (Å²) in [5.74, 6) is -1.55. The van der Waals surface area contributed by atoms with Crippen LogP contribution in [0.25, 0.3) is 0 Å². The predicted octanol–water partition coefficient (Wildman–Crippen LogP) is -0.553. The molecule has 1 aromatic heterocycles. The third-order valence-corrected chi connectivity index (χ3v) is 3.29. The number of ether oxygens (including phenoxy) is 4. The molecule has 0 saturated heterocycles. The maximum Gasteiger partial charge on any atom is 0.335 e. The zero-order valence-corrected chi connectivity index (χ0v) is 15.9. The molecule has 1 rings (SSSR count). The molecule has 0 aromatic carbocycles. The molecule has 160 valence electrons. The molecule has 0 fully saturated rings. The van der Waals surface area contributed by atoms with Crippen LogP contribution in [0, 0.1) is 0 Å². The van der Waals surface area contributed by atoms with Crippen molar-refractivity contribution in [3.05, 3.63) is 12.1 Å². The third-order valence-electron chi connectivity index (χ3n) is 3.29. The first kappa shape index (κ1) is 23.7. The second-order valence-corrected chi connectivity index (χ2v) is 5.49. The highest BCUT2D eigenvalue weighted by Gasteiger charge is 2.11. The molecule has 0 aliphatic rings. The Labute approximate surface area is 163 Å². The lowest BCUT2D eigenvalue weighted by Crippen LogP contribution is -2.28. The van der Waals surface area contributed by atoms with E-state index in [0.717, 1.165) is 0 Å². The minimum Gasteiger partial charge on any atom is -0.492 e. The fourth-order valence-corrected chi connectivity index (χ4v) is 1.88. The Morgan fingerprint density at radius 1 is 0.893 bits per heavy atom. The summed E-state index contributed by atoms with van der Waals surface area (Å²) in [6.07, 6.45) is 0.223. The van der Waals surface area contributed by atoms with Gasteiger partial charge in [-0.25, -0.2) is 4.79 Å². The summed E-state index contributed by atoms with van der Waals surface area (Å²) in [7, 11) is 1.58. The van der Waals surface area contributed by atoms with Crippen LogP contribution < -0.4 is 10.2 Å². The van der Waals surface area contributed by atoms with Crippen molar-refractivity contribution in [2.45, 2.75) is 12.8 Å². The molecule has 0 radical (unpaired) electrons. The number of carbonyl (C=O) groups excluding carboxylic acids is 2. The molecule has 0 bridgehead atoms. The average molecular weight is 404 g/mol. The molecule has 0 atom stereocenters. The number of nitrogens with zero attached hydrogens (tertiary/aromatic N) is 1. The highest BCUT2D eigenvalue weighted by molar-refractivity contribution is 5.75. The van der Waals surface area contributed by atoms with Crippen molar-refractivity contribution in [1.29, 1.82) is 0 Å². The lowest BCUT2D eigenvalue weighted by Gasteiger charge is -2.08. The van der Waals surface area contributed by atoms with Crippen LogP contribution in [0.3, 0.4) is 0 Å². The summed E-state index contributed by atoms with van der Waals surface area (Å²) in [5.41, 5.74) is 0. The normalized spacial score (nSPS) is 10.8. The van der Waals surface area contributed by atoms with Crippen LogP contribution in [0.1, 0.15) is 12.8 Å². The molecule has 11 heteroatoms. The Kier molecular flexibility index (Phi) is 12.4. The molecule has 0 aliphatic heterocycles. The van der Waals surface area contributed by atoms with E-state index in [9.17, 15) is 19.8 Å². The van der Waals surface area contributed by atoms with Crippen LogP contribution in [0.4, 0.5) is 0 Å². The quantitative estimate of drug-likeness (QED) is 0.310. The maximum absolute atomic E-state index is 11.5. The van der Waals surface area contributed by atoms with Gasteiger partial charge in [0.1, 0.15) is 0 Å². The minimum atomic E-state index is -0.670. The van der Waals surface area contributed by atoms with Crippen LogP contribution in [0.2, 0.25) is 0 Å². The second kappa shape index (κ2) is 14.7. The van der Waals surface area contributed by atoms with Gasteiger partial charge in [-0.1, -0.05) is 0 Å². The highest BCUT2D eigenvalue weighted by atomic mass is 16.7.